The molecule has 0 fully saturated rings. The van der Waals surface area contributed by atoms with Crippen molar-refractivity contribution in [1.29, 1.82) is 0 Å². The normalized spacial score (nSPS) is 11.6. The van der Waals surface area contributed by atoms with E-state index in [2.05, 4.69) is 15.9 Å². The van der Waals surface area contributed by atoms with Crippen molar-refractivity contribution < 1.29 is 13.2 Å². The van der Waals surface area contributed by atoms with Gasteiger partial charge in [-0.25, -0.2) is 13.6 Å². The van der Waals surface area contributed by atoms with Crippen LogP contribution in [0, 0.1) is 0 Å². The van der Waals surface area contributed by atoms with Crippen molar-refractivity contribution in [3.05, 3.63) is 63.1 Å². The van der Waals surface area contributed by atoms with E-state index in [1.165, 1.54) is 18.2 Å². The molecular weight excluding hydrogens is 454 g/mol. The van der Waals surface area contributed by atoms with Crippen molar-refractivity contribution in [2.24, 2.45) is 5.14 Å². The Morgan fingerprint density at radius 1 is 1.15 bits per heavy atom. The molecule has 0 bridgehead atoms. The van der Waals surface area contributed by atoms with E-state index in [9.17, 15) is 13.2 Å². The molecule has 9 heteroatoms. The van der Waals surface area contributed by atoms with E-state index >= 15 is 0 Å². The van der Waals surface area contributed by atoms with Crippen LogP contribution in [0.2, 0.25) is 5.02 Å². The molecule has 0 spiro atoms. The average Bonchev–Trinajstić information content (AvgIpc) is 2.57. The van der Waals surface area contributed by atoms with Crippen LogP contribution in [0.3, 0.4) is 0 Å². The molecule has 0 saturated heterocycles. The van der Waals surface area contributed by atoms with Gasteiger partial charge in [-0.1, -0.05) is 23.7 Å². The number of carbonyl (C=O) groups excluding carboxylic acids is 1. The van der Waals surface area contributed by atoms with Gasteiger partial charge in [-0.15, -0.1) is 0 Å². The Morgan fingerprint density at radius 3 is 2.44 bits per heavy atom. The predicted molar refractivity (Wildman–Crippen MR) is 110 cm³/mol. The molecule has 0 saturated carbocycles. The maximum Gasteiger partial charge on any atom is 0.255 e. The first-order valence-corrected chi connectivity index (χ1v) is 10.8. The van der Waals surface area contributed by atoms with Crippen molar-refractivity contribution in [3.63, 3.8) is 0 Å². The Morgan fingerprint density at radius 2 is 1.85 bits per heavy atom. The third kappa shape index (κ3) is 6.29. The van der Waals surface area contributed by atoms with Crippen LogP contribution in [0.25, 0.3) is 0 Å². The number of amides is 1. The number of primary sulfonamides is 1. The van der Waals surface area contributed by atoms with Crippen molar-refractivity contribution in [3.8, 4) is 0 Å². The summed E-state index contributed by atoms with van der Waals surface area (Å²) in [5.41, 5.74) is 1.12. The molecule has 2 aromatic rings. The topological polar surface area (TPSA) is 83.7 Å². The molecule has 2 rings (SSSR count). The molecule has 0 aliphatic carbocycles. The van der Waals surface area contributed by atoms with Gasteiger partial charge in [0.05, 0.1) is 10.5 Å². The largest absolute Gasteiger partial charge is 0.333 e. The molecule has 0 atom stereocenters. The lowest BCUT2D eigenvalue weighted by molar-refractivity contribution is 0.0731. The van der Waals surface area contributed by atoms with Gasteiger partial charge in [-0.05, 0) is 65.9 Å². The third-order valence-corrected chi connectivity index (χ3v) is 5.70. The molecule has 146 valence electrons. The summed E-state index contributed by atoms with van der Waals surface area (Å²) >= 11 is 9.38. The van der Waals surface area contributed by atoms with Gasteiger partial charge in [0.15, 0.2) is 0 Å². The monoisotopic (exact) mass is 473 g/mol. The molecule has 2 N–H and O–H groups in total. The second-order valence-corrected chi connectivity index (χ2v) is 9.20. The van der Waals surface area contributed by atoms with E-state index in [4.69, 9.17) is 16.7 Å². The second-order valence-electron chi connectivity index (χ2n) is 6.35. The molecule has 6 nitrogen and oxygen atoms in total. The van der Waals surface area contributed by atoms with Gasteiger partial charge in [0.25, 0.3) is 5.91 Å². The molecule has 2 aromatic carbocycles. The smallest absolute Gasteiger partial charge is 0.255 e. The summed E-state index contributed by atoms with van der Waals surface area (Å²) in [4.78, 5) is 16.7. The van der Waals surface area contributed by atoms with E-state index in [1.807, 2.05) is 31.1 Å². The van der Waals surface area contributed by atoms with Crippen LogP contribution in [-0.2, 0) is 16.6 Å². The predicted octanol–water partition coefficient (Wildman–Crippen LogP) is 2.95. The summed E-state index contributed by atoms with van der Waals surface area (Å²) < 4.78 is 23.8. The number of hydrogen-bond donors (Lipinski definition) is 1. The van der Waals surface area contributed by atoms with Crippen LogP contribution in [-0.4, -0.2) is 51.3 Å². The molecule has 0 aromatic heterocycles. The minimum Gasteiger partial charge on any atom is -0.333 e. The standard InChI is InChI=1S/C18H21BrClN3O3S/c1-22(2)8-9-23(12-13-4-3-5-14(20)10-13)18(24)16-11-15(27(21,25)26)6-7-17(16)19/h3-7,10-11H,8-9,12H2,1-2H3,(H2,21,25,26). The highest BCUT2D eigenvalue weighted by molar-refractivity contribution is 9.10. The van der Waals surface area contributed by atoms with Crippen molar-refractivity contribution in [2.45, 2.75) is 11.4 Å². The highest BCUT2D eigenvalue weighted by Crippen LogP contribution is 2.23. The summed E-state index contributed by atoms with van der Waals surface area (Å²) in [5.74, 6) is -0.297. The number of sulfonamides is 1. The lowest BCUT2D eigenvalue weighted by Gasteiger charge is -2.25. The molecule has 0 radical (unpaired) electrons. The summed E-state index contributed by atoms with van der Waals surface area (Å²) in [5, 5.41) is 5.79. The summed E-state index contributed by atoms with van der Waals surface area (Å²) in [7, 11) is -0.0763. The Hall–Kier alpha value is -1.45. The highest BCUT2D eigenvalue weighted by Gasteiger charge is 2.21. The van der Waals surface area contributed by atoms with Gasteiger partial charge < -0.3 is 9.80 Å². The first-order valence-electron chi connectivity index (χ1n) is 8.08. The zero-order valence-electron chi connectivity index (χ0n) is 15.0. The number of likely N-dealkylation sites (N-methyl/N-ethyl adjacent to an activating group) is 1. The lowest BCUT2D eigenvalue weighted by Crippen LogP contribution is -2.36. The van der Waals surface area contributed by atoms with E-state index < -0.39 is 10.0 Å². The van der Waals surface area contributed by atoms with Crippen molar-refractivity contribution in [1.82, 2.24) is 9.80 Å². The van der Waals surface area contributed by atoms with Gasteiger partial charge in [-0.2, -0.15) is 0 Å². The maximum atomic E-state index is 13.2. The zero-order valence-corrected chi connectivity index (χ0v) is 18.2. The Labute approximate surface area is 173 Å². The Balaban J connectivity index is 2.38. The van der Waals surface area contributed by atoms with E-state index in [1.54, 1.807) is 17.0 Å². The first-order chi connectivity index (χ1) is 12.6. The van der Waals surface area contributed by atoms with E-state index in [-0.39, 0.29) is 16.4 Å². The Bertz CT molecular complexity index is 935. The van der Waals surface area contributed by atoms with Gasteiger partial charge in [0.1, 0.15) is 0 Å². The maximum absolute atomic E-state index is 13.2. The molecule has 0 aliphatic rings. The van der Waals surface area contributed by atoms with Gasteiger partial charge in [0.2, 0.25) is 10.0 Å². The minimum absolute atomic E-state index is 0.107. The molecular formula is C18H21BrClN3O3S. The van der Waals surface area contributed by atoms with Crippen LogP contribution in [0.4, 0.5) is 0 Å². The molecule has 0 aliphatic heterocycles. The van der Waals surface area contributed by atoms with Crippen LogP contribution in [0.1, 0.15) is 15.9 Å². The first kappa shape index (κ1) is 21.8. The van der Waals surface area contributed by atoms with Crippen molar-refractivity contribution >= 4 is 43.5 Å². The number of rotatable bonds is 7. The van der Waals surface area contributed by atoms with Gasteiger partial charge in [0, 0.05) is 29.1 Å². The van der Waals surface area contributed by atoms with Crippen LogP contribution < -0.4 is 5.14 Å². The zero-order chi connectivity index (χ0) is 20.2. The van der Waals surface area contributed by atoms with E-state index in [0.717, 1.165) is 5.56 Å². The fourth-order valence-electron chi connectivity index (χ4n) is 2.44. The highest BCUT2D eigenvalue weighted by atomic mass is 79.9. The molecule has 0 heterocycles. The van der Waals surface area contributed by atoms with Crippen molar-refractivity contribution in [2.75, 3.05) is 27.2 Å². The van der Waals surface area contributed by atoms with Gasteiger partial charge in [-0.3, -0.25) is 4.79 Å². The van der Waals surface area contributed by atoms with Crippen LogP contribution in [0.15, 0.2) is 51.8 Å². The third-order valence-electron chi connectivity index (χ3n) is 3.86. The summed E-state index contributed by atoms with van der Waals surface area (Å²) in [6.07, 6.45) is 0. The number of carbonyl (C=O) groups is 1. The average molecular weight is 475 g/mol. The lowest BCUT2D eigenvalue weighted by atomic mass is 10.1. The number of nitrogens with zero attached hydrogens (tertiary/aromatic N) is 2. The molecule has 0 unspecified atom stereocenters. The summed E-state index contributed by atoms with van der Waals surface area (Å²) in [6.45, 7) is 1.46. The van der Waals surface area contributed by atoms with E-state index in [0.29, 0.717) is 29.1 Å². The van der Waals surface area contributed by atoms with Crippen LogP contribution >= 0.6 is 27.5 Å². The number of benzene rings is 2. The van der Waals surface area contributed by atoms with Gasteiger partial charge >= 0.3 is 0 Å². The molecule has 27 heavy (non-hydrogen) atoms. The number of halogens is 2. The van der Waals surface area contributed by atoms with Crippen LogP contribution in [0.5, 0.6) is 0 Å². The SMILES string of the molecule is CN(C)CCN(Cc1cccc(Cl)c1)C(=O)c1cc(S(N)(=O)=O)ccc1Br. The fraction of sp³-hybridized carbons (Fsp3) is 0.278. The minimum atomic E-state index is -3.91. The quantitative estimate of drug-likeness (QED) is 0.669. The Kier molecular flexibility index (Phi) is 7.41. The fourth-order valence-corrected chi connectivity index (χ4v) is 3.61. The summed E-state index contributed by atoms with van der Waals surface area (Å²) in [6, 6.07) is 11.4. The number of hydrogen-bond acceptors (Lipinski definition) is 4. The number of nitrogens with two attached hydrogens (primary N) is 1. The molecule has 1 amide bonds. The second kappa shape index (κ2) is 9.16.